The number of nitrogens with one attached hydrogen (secondary N) is 1. The second-order valence-corrected chi connectivity index (χ2v) is 7.48. The third-order valence-electron chi connectivity index (χ3n) is 2.73. The molecule has 0 amide bonds. The van der Waals surface area contributed by atoms with Crippen molar-refractivity contribution in [3.8, 4) is 0 Å². The molecule has 0 radical (unpaired) electrons. The first-order valence-corrected chi connectivity index (χ1v) is 8.53. The molecule has 0 aliphatic heterocycles. The number of rotatable bonds is 7. The minimum Gasteiger partial charge on any atom is -0.357 e. The monoisotopic (exact) mass is 311 g/mol. The van der Waals surface area contributed by atoms with Gasteiger partial charge in [0.1, 0.15) is 0 Å². The fourth-order valence-electron chi connectivity index (χ4n) is 1.65. The number of aromatic nitrogens is 4. The number of thioether (sulfide) groups is 1. The fraction of sp³-hybridized carbons (Fsp3) is 0.667. The zero-order chi connectivity index (χ0) is 13.9. The van der Waals surface area contributed by atoms with Crippen LogP contribution in [0.4, 0.5) is 5.13 Å². The topological polar surface area (TPSA) is 76.7 Å². The molecule has 20 heavy (non-hydrogen) atoms. The minimum absolute atomic E-state index is 0.535. The summed E-state index contributed by atoms with van der Waals surface area (Å²) >= 11 is 3.16. The van der Waals surface area contributed by atoms with E-state index in [0.717, 1.165) is 21.7 Å². The van der Waals surface area contributed by atoms with Gasteiger partial charge in [0.2, 0.25) is 11.0 Å². The average molecular weight is 311 g/mol. The van der Waals surface area contributed by atoms with E-state index in [-0.39, 0.29) is 0 Å². The molecule has 0 unspecified atom stereocenters. The van der Waals surface area contributed by atoms with Crippen molar-refractivity contribution in [1.29, 1.82) is 0 Å². The lowest BCUT2D eigenvalue weighted by Gasteiger charge is -1.96. The normalized spacial score (nSPS) is 14.9. The van der Waals surface area contributed by atoms with E-state index in [0.29, 0.717) is 23.6 Å². The van der Waals surface area contributed by atoms with Gasteiger partial charge in [0.15, 0.2) is 10.2 Å². The van der Waals surface area contributed by atoms with Crippen molar-refractivity contribution in [2.75, 3.05) is 5.32 Å². The van der Waals surface area contributed by atoms with Gasteiger partial charge in [0.25, 0.3) is 0 Å². The maximum absolute atomic E-state index is 5.23. The van der Waals surface area contributed by atoms with E-state index < -0.39 is 0 Å². The molecule has 0 aromatic carbocycles. The quantitative estimate of drug-likeness (QED) is 0.788. The Balaban J connectivity index is 1.50. The van der Waals surface area contributed by atoms with Crippen LogP contribution in [0.2, 0.25) is 0 Å². The van der Waals surface area contributed by atoms with Crippen LogP contribution in [0.5, 0.6) is 0 Å². The summed E-state index contributed by atoms with van der Waals surface area (Å²) in [6, 6.07) is 0.607. The fourth-order valence-corrected chi connectivity index (χ4v) is 3.32. The van der Waals surface area contributed by atoms with Crippen molar-refractivity contribution in [1.82, 2.24) is 20.3 Å². The smallest absolute Gasteiger partial charge is 0.237 e. The van der Waals surface area contributed by atoms with Gasteiger partial charge in [-0.25, -0.2) is 0 Å². The van der Waals surface area contributed by atoms with Crippen LogP contribution in [-0.2, 0) is 12.2 Å². The van der Waals surface area contributed by atoms with Crippen LogP contribution in [0.15, 0.2) is 8.86 Å². The molecule has 8 heteroatoms. The number of anilines is 1. The van der Waals surface area contributed by atoms with E-state index in [2.05, 4.69) is 39.5 Å². The molecule has 2 aromatic rings. The van der Waals surface area contributed by atoms with Gasteiger partial charge in [-0.05, 0) is 18.8 Å². The van der Waals surface area contributed by atoms with Gasteiger partial charge < -0.3 is 9.84 Å². The van der Waals surface area contributed by atoms with Gasteiger partial charge in [-0.1, -0.05) is 42.1 Å². The first kappa shape index (κ1) is 13.8. The molecule has 3 rings (SSSR count). The van der Waals surface area contributed by atoms with Crippen molar-refractivity contribution >= 4 is 28.2 Å². The summed E-state index contributed by atoms with van der Waals surface area (Å²) in [5.74, 6) is 2.61. The first-order valence-electron chi connectivity index (χ1n) is 6.73. The lowest BCUT2D eigenvalue weighted by Crippen LogP contribution is -1.99. The van der Waals surface area contributed by atoms with Gasteiger partial charge in [-0.3, -0.25) is 0 Å². The minimum atomic E-state index is 0.535. The van der Waals surface area contributed by atoms with Crippen LogP contribution in [0, 0.1) is 5.92 Å². The molecule has 2 aromatic heterocycles. The second kappa shape index (κ2) is 6.09. The van der Waals surface area contributed by atoms with E-state index in [1.165, 1.54) is 12.8 Å². The number of hydrogen-bond donors (Lipinski definition) is 1. The zero-order valence-corrected chi connectivity index (χ0v) is 13.1. The van der Waals surface area contributed by atoms with Gasteiger partial charge >= 0.3 is 0 Å². The predicted octanol–water partition coefficient (Wildman–Crippen LogP) is 2.99. The van der Waals surface area contributed by atoms with E-state index in [1.54, 1.807) is 23.1 Å². The second-order valence-electron chi connectivity index (χ2n) is 5.28. The molecule has 1 saturated carbocycles. The molecule has 1 N–H and O–H groups in total. The molecule has 0 spiro atoms. The van der Waals surface area contributed by atoms with Gasteiger partial charge in [0, 0.05) is 12.5 Å². The third kappa shape index (κ3) is 3.92. The van der Waals surface area contributed by atoms with Crippen LogP contribution in [0.1, 0.15) is 38.4 Å². The molecule has 0 atom stereocenters. The first-order chi connectivity index (χ1) is 9.69. The molecule has 108 valence electrons. The summed E-state index contributed by atoms with van der Waals surface area (Å²) in [5.41, 5.74) is 0. The summed E-state index contributed by atoms with van der Waals surface area (Å²) in [7, 11) is 0. The van der Waals surface area contributed by atoms with E-state index in [4.69, 9.17) is 4.52 Å². The van der Waals surface area contributed by atoms with Crippen LogP contribution < -0.4 is 5.32 Å². The summed E-state index contributed by atoms with van der Waals surface area (Å²) in [6.07, 6.45) is 3.33. The Labute approximate surface area is 125 Å². The Morgan fingerprint density at radius 3 is 3.00 bits per heavy atom. The summed E-state index contributed by atoms with van der Waals surface area (Å²) < 4.78 is 6.16. The molecule has 1 aliphatic rings. The standard InChI is InChI=1S/C12H17N5OS2/c1-7(2)5-9-14-10(18-17-9)6-19-12-16-15-11(20-12)13-8-3-4-8/h7-8H,3-6H2,1-2H3,(H,13,15). The summed E-state index contributed by atoms with van der Waals surface area (Å²) in [4.78, 5) is 4.37. The van der Waals surface area contributed by atoms with Crippen LogP contribution in [-0.4, -0.2) is 26.4 Å². The molecule has 0 bridgehead atoms. The summed E-state index contributed by atoms with van der Waals surface area (Å²) in [5, 5.41) is 16.5. The molecule has 0 saturated heterocycles. The number of nitrogens with zero attached hydrogens (tertiary/aromatic N) is 4. The van der Waals surface area contributed by atoms with Crippen molar-refractivity contribution in [3.63, 3.8) is 0 Å². The SMILES string of the molecule is CC(C)Cc1noc(CSc2nnc(NC3CC3)s2)n1. The lowest BCUT2D eigenvalue weighted by atomic mass is 10.1. The molecule has 6 nitrogen and oxygen atoms in total. The van der Waals surface area contributed by atoms with Gasteiger partial charge in [0.05, 0.1) is 5.75 Å². The Morgan fingerprint density at radius 2 is 2.25 bits per heavy atom. The van der Waals surface area contributed by atoms with E-state index >= 15 is 0 Å². The largest absolute Gasteiger partial charge is 0.357 e. The van der Waals surface area contributed by atoms with Crippen molar-refractivity contribution in [2.45, 2.75) is 49.2 Å². The average Bonchev–Trinajstić information content (AvgIpc) is 2.91. The predicted molar refractivity (Wildman–Crippen MR) is 79.0 cm³/mol. The third-order valence-corrected chi connectivity index (χ3v) is 4.70. The highest BCUT2D eigenvalue weighted by Crippen LogP contribution is 2.31. The van der Waals surface area contributed by atoms with E-state index in [1.807, 2.05) is 0 Å². The highest BCUT2D eigenvalue weighted by atomic mass is 32.2. The molecular weight excluding hydrogens is 294 g/mol. The Bertz CT molecular complexity index is 521. The zero-order valence-electron chi connectivity index (χ0n) is 11.5. The molecule has 2 heterocycles. The maximum Gasteiger partial charge on any atom is 0.237 e. The molecule has 1 aliphatic carbocycles. The Morgan fingerprint density at radius 1 is 1.40 bits per heavy atom. The molecular formula is C12H17N5OS2. The van der Waals surface area contributed by atoms with Crippen molar-refractivity contribution < 1.29 is 4.52 Å². The van der Waals surface area contributed by atoms with Crippen LogP contribution in [0.3, 0.4) is 0 Å². The van der Waals surface area contributed by atoms with Crippen molar-refractivity contribution in [2.24, 2.45) is 5.92 Å². The van der Waals surface area contributed by atoms with Crippen LogP contribution in [0.25, 0.3) is 0 Å². The maximum atomic E-state index is 5.23. The Kier molecular flexibility index (Phi) is 4.21. The Hall–Kier alpha value is -1.15. The van der Waals surface area contributed by atoms with E-state index in [9.17, 15) is 0 Å². The van der Waals surface area contributed by atoms with Crippen LogP contribution >= 0.6 is 23.1 Å². The van der Waals surface area contributed by atoms with Gasteiger partial charge in [-0.2, -0.15) is 4.98 Å². The highest BCUT2D eigenvalue weighted by molar-refractivity contribution is 8.00. The highest BCUT2D eigenvalue weighted by Gasteiger charge is 2.22. The van der Waals surface area contributed by atoms with Gasteiger partial charge in [-0.15, -0.1) is 10.2 Å². The number of hydrogen-bond acceptors (Lipinski definition) is 8. The lowest BCUT2D eigenvalue weighted by molar-refractivity contribution is 0.382. The summed E-state index contributed by atoms with van der Waals surface area (Å²) in [6.45, 7) is 4.28. The van der Waals surface area contributed by atoms with Crippen molar-refractivity contribution in [3.05, 3.63) is 11.7 Å². The molecule has 1 fully saturated rings.